The number of hydrogen-bond acceptors (Lipinski definition) is 4. The van der Waals surface area contributed by atoms with Gasteiger partial charge in [0.2, 0.25) is 0 Å². The van der Waals surface area contributed by atoms with Crippen LogP contribution >= 0.6 is 11.3 Å². The van der Waals surface area contributed by atoms with Crippen LogP contribution < -0.4 is 0 Å². The number of aromatic nitrogens is 1. The van der Waals surface area contributed by atoms with Gasteiger partial charge in [-0.3, -0.25) is 4.79 Å². The highest BCUT2D eigenvalue weighted by Crippen LogP contribution is 2.46. The zero-order valence-electron chi connectivity index (χ0n) is 18.7. The fourth-order valence-corrected chi connectivity index (χ4v) is 6.13. The molecule has 2 heterocycles. The van der Waals surface area contributed by atoms with Crippen LogP contribution in [0.25, 0.3) is 21.3 Å². The molecule has 30 heavy (non-hydrogen) atoms. The predicted octanol–water partition coefficient (Wildman–Crippen LogP) is 6.76. The van der Waals surface area contributed by atoms with Gasteiger partial charge in [-0.2, -0.15) is 0 Å². The maximum atomic E-state index is 13.0. The van der Waals surface area contributed by atoms with Gasteiger partial charge in [-0.05, 0) is 74.1 Å². The van der Waals surface area contributed by atoms with Crippen molar-refractivity contribution in [2.75, 3.05) is 7.11 Å². The van der Waals surface area contributed by atoms with Crippen LogP contribution in [0.1, 0.15) is 66.3 Å². The molecule has 3 aromatic rings. The number of ether oxygens (including phenoxy) is 1. The van der Waals surface area contributed by atoms with Crippen LogP contribution in [0, 0.1) is 19.8 Å². The molecule has 3 nitrogen and oxygen atoms in total. The van der Waals surface area contributed by atoms with Crippen molar-refractivity contribution in [1.82, 2.24) is 4.98 Å². The quantitative estimate of drug-likeness (QED) is 0.427. The Bertz CT molecular complexity index is 1080. The maximum absolute atomic E-state index is 13.0. The summed E-state index contributed by atoms with van der Waals surface area (Å²) in [5, 5.41) is 1.27. The fourth-order valence-electron chi connectivity index (χ4n) is 4.81. The van der Waals surface area contributed by atoms with E-state index in [1.807, 2.05) is 11.3 Å². The first-order valence-electron chi connectivity index (χ1n) is 11.0. The van der Waals surface area contributed by atoms with E-state index in [1.54, 1.807) is 0 Å². The Hall–Kier alpha value is -2.20. The van der Waals surface area contributed by atoms with Crippen LogP contribution in [-0.2, 0) is 22.4 Å². The number of rotatable bonds is 5. The van der Waals surface area contributed by atoms with Crippen molar-refractivity contribution >= 4 is 27.5 Å². The first-order chi connectivity index (χ1) is 14.4. The van der Waals surface area contributed by atoms with Crippen molar-refractivity contribution in [3.8, 4) is 11.1 Å². The summed E-state index contributed by atoms with van der Waals surface area (Å²) in [5.74, 6) is -0.0841. The number of pyridine rings is 1. The Morgan fingerprint density at radius 3 is 2.50 bits per heavy atom. The third-order valence-electron chi connectivity index (χ3n) is 6.21. The van der Waals surface area contributed by atoms with Crippen LogP contribution in [0.4, 0.5) is 0 Å². The van der Waals surface area contributed by atoms with Crippen molar-refractivity contribution in [2.45, 2.75) is 65.7 Å². The van der Waals surface area contributed by atoms with Crippen LogP contribution in [-0.4, -0.2) is 18.1 Å². The van der Waals surface area contributed by atoms with E-state index < -0.39 is 0 Å². The summed E-state index contributed by atoms with van der Waals surface area (Å²) >= 11 is 1.85. The highest BCUT2D eigenvalue weighted by molar-refractivity contribution is 7.19. The summed E-state index contributed by atoms with van der Waals surface area (Å²) in [6.45, 7) is 8.49. The van der Waals surface area contributed by atoms with E-state index in [9.17, 15) is 4.79 Å². The Morgan fingerprint density at radius 1 is 1.13 bits per heavy atom. The topological polar surface area (TPSA) is 39.2 Å². The highest BCUT2D eigenvalue weighted by Gasteiger charge is 2.31. The molecule has 0 fully saturated rings. The molecule has 1 aliphatic rings. The van der Waals surface area contributed by atoms with Gasteiger partial charge in [0.15, 0.2) is 0 Å². The second-order valence-corrected chi connectivity index (χ2v) is 10.0. The Kier molecular flexibility index (Phi) is 5.97. The molecule has 0 saturated heterocycles. The number of fused-ring (bicyclic) bond motifs is 3. The van der Waals surface area contributed by atoms with Crippen LogP contribution in [0.15, 0.2) is 24.3 Å². The summed E-state index contributed by atoms with van der Waals surface area (Å²) < 4.78 is 5.27. The number of esters is 1. The number of methoxy groups -OCH3 is 1. The number of aryl methyl sites for hydroxylation is 4. The minimum Gasteiger partial charge on any atom is -0.469 e. The van der Waals surface area contributed by atoms with Crippen molar-refractivity contribution in [3.63, 3.8) is 0 Å². The standard InChI is InChI=1S/C26H31NO2S/c1-15(2)14-20(26(28)29-5)22-17(4)27-25-24(19-8-6-7-9-21(19)30-25)23(22)18-12-10-16(3)11-13-18/h10-13,15,20H,6-9,14H2,1-5H3. The molecular weight excluding hydrogens is 390 g/mol. The molecule has 158 valence electrons. The molecule has 4 heteroatoms. The van der Waals surface area contributed by atoms with E-state index in [2.05, 4.69) is 52.0 Å². The number of carbonyl (C=O) groups is 1. The van der Waals surface area contributed by atoms with E-state index in [-0.39, 0.29) is 11.9 Å². The number of hydrogen-bond donors (Lipinski definition) is 0. The van der Waals surface area contributed by atoms with Crippen LogP contribution in [0.3, 0.4) is 0 Å². The van der Waals surface area contributed by atoms with Crippen LogP contribution in [0.5, 0.6) is 0 Å². The smallest absolute Gasteiger partial charge is 0.313 e. The molecule has 1 atom stereocenters. The van der Waals surface area contributed by atoms with Gasteiger partial charge >= 0.3 is 5.97 Å². The Morgan fingerprint density at radius 2 is 1.83 bits per heavy atom. The molecule has 0 saturated carbocycles. The van der Waals surface area contributed by atoms with Gasteiger partial charge in [-0.25, -0.2) is 4.98 Å². The van der Waals surface area contributed by atoms with Crippen molar-refractivity contribution in [1.29, 1.82) is 0 Å². The molecule has 0 N–H and O–H groups in total. The fraction of sp³-hybridized carbons (Fsp3) is 0.462. The van der Waals surface area contributed by atoms with E-state index >= 15 is 0 Å². The lowest BCUT2D eigenvalue weighted by Crippen LogP contribution is -2.19. The molecule has 0 radical (unpaired) electrons. The minimum absolute atomic E-state index is 0.162. The second kappa shape index (κ2) is 8.50. The predicted molar refractivity (Wildman–Crippen MR) is 125 cm³/mol. The van der Waals surface area contributed by atoms with E-state index in [0.717, 1.165) is 35.4 Å². The zero-order valence-corrected chi connectivity index (χ0v) is 19.5. The van der Waals surface area contributed by atoms with Gasteiger partial charge in [-0.15, -0.1) is 11.3 Å². The largest absolute Gasteiger partial charge is 0.469 e. The van der Waals surface area contributed by atoms with Gasteiger partial charge in [0.05, 0.1) is 13.0 Å². The summed E-state index contributed by atoms with van der Waals surface area (Å²) in [6, 6.07) is 8.72. The molecule has 4 rings (SSSR count). The average Bonchev–Trinajstić information content (AvgIpc) is 3.09. The second-order valence-electron chi connectivity index (χ2n) is 8.95. The molecule has 1 aromatic carbocycles. The maximum Gasteiger partial charge on any atom is 0.313 e. The Balaban J connectivity index is 2.08. The molecule has 2 aromatic heterocycles. The lowest BCUT2D eigenvalue weighted by Gasteiger charge is -2.24. The first-order valence-corrected chi connectivity index (χ1v) is 11.8. The number of carbonyl (C=O) groups excluding carboxylic acids is 1. The monoisotopic (exact) mass is 421 g/mol. The summed E-state index contributed by atoms with van der Waals surface area (Å²) in [6.07, 6.45) is 5.48. The molecule has 0 aliphatic heterocycles. The lowest BCUT2D eigenvalue weighted by molar-refractivity contribution is -0.142. The first kappa shape index (κ1) is 21.0. The number of nitrogens with zero attached hydrogens (tertiary/aromatic N) is 1. The third kappa shape index (κ3) is 3.78. The van der Waals surface area contributed by atoms with Gasteiger partial charge in [0.1, 0.15) is 4.83 Å². The van der Waals surface area contributed by atoms with Gasteiger partial charge in [-0.1, -0.05) is 43.7 Å². The zero-order chi connectivity index (χ0) is 21.4. The molecule has 1 unspecified atom stereocenters. The Labute approximate surface area is 183 Å². The SMILES string of the molecule is COC(=O)C(CC(C)C)c1c(C)nc2sc3c(c2c1-c1ccc(C)cc1)CCCC3. The average molecular weight is 422 g/mol. The van der Waals surface area contributed by atoms with Crippen molar-refractivity contribution < 1.29 is 9.53 Å². The number of thiophene rings is 1. The van der Waals surface area contributed by atoms with E-state index in [1.165, 1.54) is 52.5 Å². The number of benzene rings is 1. The molecule has 0 amide bonds. The molecular formula is C26H31NO2S. The van der Waals surface area contributed by atoms with E-state index in [4.69, 9.17) is 9.72 Å². The third-order valence-corrected chi connectivity index (χ3v) is 7.40. The van der Waals surface area contributed by atoms with Crippen molar-refractivity contribution in [2.24, 2.45) is 5.92 Å². The summed E-state index contributed by atoms with van der Waals surface area (Å²) in [7, 11) is 1.49. The van der Waals surface area contributed by atoms with Crippen LogP contribution in [0.2, 0.25) is 0 Å². The molecule has 0 spiro atoms. The highest BCUT2D eigenvalue weighted by atomic mass is 32.1. The summed E-state index contributed by atoms with van der Waals surface area (Å²) in [4.78, 5) is 20.6. The minimum atomic E-state index is -0.303. The molecule has 0 bridgehead atoms. The lowest BCUT2D eigenvalue weighted by atomic mass is 9.82. The van der Waals surface area contributed by atoms with Gasteiger partial charge < -0.3 is 4.74 Å². The van der Waals surface area contributed by atoms with E-state index in [0.29, 0.717) is 5.92 Å². The van der Waals surface area contributed by atoms with Gasteiger partial charge in [0, 0.05) is 16.0 Å². The molecule has 1 aliphatic carbocycles. The van der Waals surface area contributed by atoms with Crippen molar-refractivity contribution in [3.05, 3.63) is 51.5 Å². The van der Waals surface area contributed by atoms with Gasteiger partial charge in [0.25, 0.3) is 0 Å². The summed E-state index contributed by atoms with van der Waals surface area (Å²) in [5.41, 5.74) is 7.08. The normalized spacial score (nSPS) is 14.7.